The molecular formula is C21H20N4O3. The van der Waals surface area contributed by atoms with E-state index in [2.05, 4.69) is 22.1 Å². The molecule has 0 saturated heterocycles. The van der Waals surface area contributed by atoms with Crippen LogP contribution in [0.5, 0.6) is 5.75 Å². The molecule has 2 aromatic heterocycles. The van der Waals surface area contributed by atoms with Crippen LogP contribution in [-0.4, -0.2) is 27.5 Å². The first-order valence-corrected chi connectivity index (χ1v) is 9.04. The molecule has 0 aliphatic carbocycles. The monoisotopic (exact) mass is 376 g/mol. The predicted molar refractivity (Wildman–Crippen MR) is 103 cm³/mol. The summed E-state index contributed by atoms with van der Waals surface area (Å²) in [7, 11) is 0. The summed E-state index contributed by atoms with van der Waals surface area (Å²) in [5.74, 6) is 7.27. The van der Waals surface area contributed by atoms with Gasteiger partial charge in [-0.25, -0.2) is 4.68 Å². The number of nitrogens with zero attached hydrogens (tertiary/aromatic N) is 3. The second-order valence-electron chi connectivity index (χ2n) is 6.98. The zero-order chi connectivity index (χ0) is 19.8. The van der Waals surface area contributed by atoms with Gasteiger partial charge in [-0.1, -0.05) is 23.9 Å². The van der Waals surface area contributed by atoms with Crippen molar-refractivity contribution < 1.29 is 14.1 Å². The summed E-state index contributed by atoms with van der Waals surface area (Å²) >= 11 is 0. The number of benzene rings is 1. The number of hydrogen-bond acceptors (Lipinski definition) is 5. The van der Waals surface area contributed by atoms with E-state index in [1.165, 1.54) is 0 Å². The quantitative estimate of drug-likeness (QED) is 0.694. The van der Waals surface area contributed by atoms with Crippen molar-refractivity contribution in [3.8, 4) is 23.3 Å². The predicted octanol–water partition coefficient (Wildman–Crippen LogP) is 2.92. The topological polar surface area (TPSA) is 96.2 Å². The number of aromatic nitrogens is 3. The number of hydrogen-bond donors (Lipinski definition) is 1. The Hall–Kier alpha value is -3.53. The SMILES string of the molecule is Cc1cc(C(C)C#Cc2ccc3c(c2)-n2nc(C(N)=O)cc2C(C)CO3)no1. The number of ether oxygens (including phenoxy) is 1. The zero-order valence-electron chi connectivity index (χ0n) is 15.9. The van der Waals surface area contributed by atoms with Gasteiger partial charge in [0.15, 0.2) is 5.69 Å². The van der Waals surface area contributed by atoms with Gasteiger partial charge in [-0.3, -0.25) is 4.79 Å². The van der Waals surface area contributed by atoms with E-state index < -0.39 is 5.91 Å². The van der Waals surface area contributed by atoms with E-state index in [1.807, 2.05) is 45.0 Å². The van der Waals surface area contributed by atoms with Crippen LogP contribution in [0.1, 0.15) is 58.9 Å². The van der Waals surface area contributed by atoms with Crippen LogP contribution in [-0.2, 0) is 0 Å². The van der Waals surface area contributed by atoms with Crippen molar-refractivity contribution in [2.24, 2.45) is 5.73 Å². The van der Waals surface area contributed by atoms with Gasteiger partial charge < -0.3 is 15.0 Å². The van der Waals surface area contributed by atoms with Gasteiger partial charge in [0.1, 0.15) is 17.2 Å². The molecule has 7 heteroatoms. The van der Waals surface area contributed by atoms with Crippen LogP contribution in [0.3, 0.4) is 0 Å². The molecule has 7 nitrogen and oxygen atoms in total. The van der Waals surface area contributed by atoms with Crippen molar-refractivity contribution in [2.75, 3.05) is 6.61 Å². The third-order valence-corrected chi connectivity index (χ3v) is 4.69. The summed E-state index contributed by atoms with van der Waals surface area (Å²) in [6.45, 7) is 6.34. The minimum absolute atomic E-state index is 0.0609. The molecule has 2 N–H and O–H groups in total. The van der Waals surface area contributed by atoms with Gasteiger partial charge in [0.25, 0.3) is 5.91 Å². The molecule has 0 spiro atoms. The highest BCUT2D eigenvalue weighted by Crippen LogP contribution is 2.32. The lowest BCUT2D eigenvalue weighted by molar-refractivity contribution is 0.0995. The minimum Gasteiger partial charge on any atom is -0.491 e. The Kier molecular flexibility index (Phi) is 4.40. The molecule has 0 saturated carbocycles. The van der Waals surface area contributed by atoms with Crippen molar-refractivity contribution in [2.45, 2.75) is 32.6 Å². The van der Waals surface area contributed by atoms with Crippen LogP contribution in [0.25, 0.3) is 5.69 Å². The lowest BCUT2D eigenvalue weighted by Crippen LogP contribution is -2.12. The summed E-state index contributed by atoms with van der Waals surface area (Å²) < 4.78 is 12.7. The Morgan fingerprint density at radius 3 is 2.89 bits per heavy atom. The highest BCUT2D eigenvalue weighted by atomic mass is 16.5. The first kappa shape index (κ1) is 17.9. The molecular weight excluding hydrogens is 356 g/mol. The van der Waals surface area contributed by atoms with Crippen LogP contribution >= 0.6 is 0 Å². The summed E-state index contributed by atoms with van der Waals surface area (Å²) in [5.41, 5.74) is 8.89. The van der Waals surface area contributed by atoms with Crippen molar-refractivity contribution >= 4 is 5.91 Å². The number of nitrogens with two attached hydrogens (primary N) is 1. The van der Waals surface area contributed by atoms with Crippen molar-refractivity contribution in [3.63, 3.8) is 0 Å². The second-order valence-corrected chi connectivity index (χ2v) is 6.98. The van der Waals surface area contributed by atoms with Crippen LogP contribution in [0.15, 0.2) is 34.9 Å². The van der Waals surface area contributed by atoms with Crippen molar-refractivity contribution in [3.05, 3.63) is 58.7 Å². The number of fused-ring (bicyclic) bond motifs is 3. The van der Waals surface area contributed by atoms with E-state index >= 15 is 0 Å². The molecule has 3 heterocycles. The Morgan fingerprint density at radius 2 is 2.18 bits per heavy atom. The maximum Gasteiger partial charge on any atom is 0.269 e. The Bertz CT molecular complexity index is 1120. The van der Waals surface area contributed by atoms with E-state index in [9.17, 15) is 4.79 Å². The number of aryl methyl sites for hydroxylation is 1. The number of carbonyl (C=O) groups excluding carboxylic acids is 1. The largest absolute Gasteiger partial charge is 0.491 e. The first-order chi connectivity index (χ1) is 13.4. The van der Waals surface area contributed by atoms with Crippen LogP contribution in [0, 0.1) is 18.8 Å². The standard InChI is InChI=1S/C21H20N4O3/c1-12(16-8-14(3)28-24-16)4-5-15-6-7-20-19(9-15)25-18(13(2)11-27-20)10-17(23-25)21(22)26/h6-10,12-13H,11H2,1-3H3,(H2,22,26). The molecule has 4 rings (SSSR count). The molecule has 1 aromatic carbocycles. The van der Waals surface area contributed by atoms with E-state index in [0.29, 0.717) is 12.4 Å². The summed E-state index contributed by atoms with van der Waals surface area (Å²) in [5, 5.41) is 8.39. The minimum atomic E-state index is -0.553. The normalized spacial score (nSPS) is 16.0. The van der Waals surface area contributed by atoms with E-state index in [0.717, 1.165) is 28.4 Å². The maximum absolute atomic E-state index is 11.6. The summed E-state index contributed by atoms with van der Waals surface area (Å²) in [6.07, 6.45) is 0. The van der Waals surface area contributed by atoms with Gasteiger partial charge in [0.05, 0.1) is 23.9 Å². The maximum atomic E-state index is 11.6. The van der Waals surface area contributed by atoms with Gasteiger partial charge in [0.2, 0.25) is 0 Å². The molecule has 3 aromatic rings. The summed E-state index contributed by atoms with van der Waals surface area (Å²) in [6, 6.07) is 9.28. The lowest BCUT2D eigenvalue weighted by Gasteiger charge is -2.08. The Balaban J connectivity index is 1.72. The average Bonchev–Trinajstić information content (AvgIpc) is 3.28. The van der Waals surface area contributed by atoms with E-state index in [4.69, 9.17) is 15.0 Å². The average molecular weight is 376 g/mol. The van der Waals surface area contributed by atoms with Crippen molar-refractivity contribution in [1.82, 2.24) is 14.9 Å². The van der Waals surface area contributed by atoms with Gasteiger partial charge >= 0.3 is 0 Å². The lowest BCUT2D eigenvalue weighted by atomic mass is 10.1. The Labute approximate surface area is 162 Å². The van der Waals surface area contributed by atoms with Gasteiger partial charge in [-0.15, -0.1) is 0 Å². The third kappa shape index (κ3) is 3.25. The fourth-order valence-electron chi connectivity index (χ4n) is 3.10. The molecule has 0 radical (unpaired) electrons. The third-order valence-electron chi connectivity index (χ3n) is 4.69. The van der Waals surface area contributed by atoms with E-state index in [-0.39, 0.29) is 17.5 Å². The zero-order valence-corrected chi connectivity index (χ0v) is 15.9. The number of carbonyl (C=O) groups is 1. The number of rotatable bonds is 2. The molecule has 28 heavy (non-hydrogen) atoms. The van der Waals surface area contributed by atoms with Gasteiger partial charge in [0, 0.05) is 17.5 Å². The van der Waals surface area contributed by atoms with E-state index in [1.54, 1.807) is 10.7 Å². The molecule has 1 amide bonds. The van der Waals surface area contributed by atoms with Gasteiger partial charge in [-0.05, 0) is 38.1 Å². The number of primary amides is 1. The smallest absolute Gasteiger partial charge is 0.269 e. The van der Waals surface area contributed by atoms with Crippen LogP contribution in [0.4, 0.5) is 0 Å². The van der Waals surface area contributed by atoms with Gasteiger partial charge in [-0.2, -0.15) is 5.10 Å². The number of amides is 1. The van der Waals surface area contributed by atoms with Crippen molar-refractivity contribution in [1.29, 1.82) is 0 Å². The first-order valence-electron chi connectivity index (χ1n) is 9.04. The molecule has 1 aliphatic heterocycles. The second kappa shape index (κ2) is 6.89. The highest BCUT2D eigenvalue weighted by Gasteiger charge is 2.24. The molecule has 142 valence electrons. The molecule has 0 bridgehead atoms. The molecule has 0 fully saturated rings. The molecule has 2 unspecified atom stereocenters. The Morgan fingerprint density at radius 1 is 1.36 bits per heavy atom. The fraction of sp³-hybridized carbons (Fsp3) is 0.286. The highest BCUT2D eigenvalue weighted by molar-refractivity contribution is 5.91. The fourth-order valence-corrected chi connectivity index (χ4v) is 3.10. The molecule has 2 atom stereocenters. The molecule has 1 aliphatic rings. The van der Waals surface area contributed by atoms with Crippen LogP contribution in [0.2, 0.25) is 0 Å². The summed E-state index contributed by atoms with van der Waals surface area (Å²) in [4.78, 5) is 11.6. The van der Waals surface area contributed by atoms with Crippen LogP contribution < -0.4 is 10.5 Å².